The number of aromatic nitrogens is 3. The predicted molar refractivity (Wildman–Crippen MR) is 312 cm³/mol. The van der Waals surface area contributed by atoms with Crippen molar-refractivity contribution in [3.8, 4) is 27.7 Å². The van der Waals surface area contributed by atoms with Crippen LogP contribution in [-0.2, 0) is 19.2 Å². The van der Waals surface area contributed by atoms with Gasteiger partial charge in [0.1, 0.15) is 57.3 Å². The maximum atomic E-state index is 13.9. The molecule has 21 nitrogen and oxygen atoms in total. The van der Waals surface area contributed by atoms with Gasteiger partial charge in [-0.1, -0.05) is 56.1 Å². The quantitative estimate of drug-likeness (QED) is 0.0362. The van der Waals surface area contributed by atoms with Gasteiger partial charge in [-0.05, 0) is 74.4 Å². The van der Waals surface area contributed by atoms with E-state index in [-0.39, 0.29) is 52.0 Å². The number of aliphatic hydroxyl groups excluding tert-OH is 1. The Labute approximate surface area is 481 Å². The summed E-state index contributed by atoms with van der Waals surface area (Å²) in [7, 11) is 4.44. The zero-order chi connectivity index (χ0) is 57.8. The highest BCUT2D eigenvalue weighted by atomic mass is 35.5. The van der Waals surface area contributed by atoms with Gasteiger partial charge in [-0.15, -0.1) is 11.3 Å². The summed E-state index contributed by atoms with van der Waals surface area (Å²) in [6.45, 7) is 14.9. The van der Waals surface area contributed by atoms with Crippen LogP contribution in [0.1, 0.15) is 77.6 Å². The number of rotatable bonds is 22. The van der Waals surface area contributed by atoms with E-state index in [0.29, 0.717) is 37.1 Å². The Morgan fingerprint density at radius 2 is 1.59 bits per heavy atom. The number of piperazine rings is 1. The van der Waals surface area contributed by atoms with Gasteiger partial charge in [0.25, 0.3) is 0 Å². The molecule has 2 aromatic heterocycles. The number of carbonyl (C=O) groups is 5. The van der Waals surface area contributed by atoms with E-state index in [1.54, 1.807) is 18.6 Å². The number of hydrogen-bond acceptors (Lipinski definition) is 16. The van der Waals surface area contributed by atoms with Crippen molar-refractivity contribution in [3.05, 3.63) is 87.7 Å². The van der Waals surface area contributed by atoms with Crippen molar-refractivity contribution in [3.63, 3.8) is 0 Å². The van der Waals surface area contributed by atoms with Crippen LogP contribution in [0.25, 0.3) is 10.4 Å². The number of carbonyl (C=O) groups excluding carboxylic acids is 5. The van der Waals surface area contributed by atoms with E-state index in [9.17, 15) is 29.1 Å². The second-order valence-electron chi connectivity index (χ2n) is 20.9. The average Bonchev–Trinajstić information content (AvgIpc) is 4.06. The number of nitrogens with zero attached hydrogens (tertiary/aromatic N) is 7. The Morgan fingerprint density at radius 1 is 0.887 bits per heavy atom. The van der Waals surface area contributed by atoms with E-state index in [0.717, 1.165) is 78.5 Å². The van der Waals surface area contributed by atoms with Gasteiger partial charge in [-0.25, -0.2) is 19.7 Å². The summed E-state index contributed by atoms with van der Waals surface area (Å²) in [5.41, 5.74) is 5.72. The minimum atomic E-state index is -0.927. The molecule has 0 spiro atoms. The second kappa shape index (κ2) is 27.5. The molecule has 6 amide bonds. The van der Waals surface area contributed by atoms with Crippen LogP contribution in [0.4, 0.5) is 33.5 Å². The lowest BCUT2D eigenvalue weighted by atomic mass is 9.85. The summed E-state index contributed by atoms with van der Waals surface area (Å²) in [5.74, 6) is 0.740. The zero-order valence-electron chi connectivity index (χ0n) is 46.7. The molecule has 2 fully saturated rings. The van der Waals surface area contributed by atoms with Crippen molar-refractivity contribution in [1.82, 2.24) is 40.7 Å². The molecule has 0 radical (unpaired) electrons. The van der Waals surface area contributed by atoms with Gasteiger partial charge in [0.05, 0.1) is 61.3 Å². The van der Waals surface area contributed by atoms with Crippen LogP contribution >= 0.6 is 34.5 Å². The molecular weight excluding hydrogens is 1090 g/mol. The Balaban J connectivity index is 0.835. The van der Waals surface area contributed by atoms with E-state index in [4.69, 9.17) is 37.4 Å². The lowest BCUT2D eigenvalue weighted by Crippen LogP contribution is -2.57. The number of ether oxygens (including phenoxy) is 3. The zero-order valence-corrected chi connectivity index (χ0v) is 49.0. The van der Waals surface area contributed by atoms with Gasteiger partial charge >= 0.3 is 6.03 Å². The average molecular weight is 1160 g/mol. The number of methoxy groups -OCH3 is 2. The number of thiazole rings is 1. The molecule has 5 aromatic rings. The molecule has 2 saturated heterocycles. The highest BCUT2D eigenvalue weighted by Crippen LogP contribution is 2.44. The number of amides is 6. The molecule has 3 aromatic carbocycles. The van der Waals surface area contributed by atoms with Gasteiger partial charge < -0.3 is 55.7 Å². The van der Waals surface area contributed by atoms with Crippen molar-refractivity contribution >= 4 is 92.9 Å². The first-order valence-corrected chi connectivity index (χ1v) is 28.1. The van der Waals surface area contributed by atoms with Crippen LogP contribution in [0, 0.1) is 12.3 Å². The van der Waals surface area contributed by atoms with Gasteiger partial charge in [0, 0.05) is 88.7 Å². The first kappa shape index (κ1) is 60.7. The molecular formula is C56H72Cl2N12O9S. The third kappa shape index (κ3) is 15.5. The molecule has 0 saturated carbocycles. The number of unbranched alkanes of at least 4 members (excludes halogenated alkanes) is 2. The lowest BCUT2D eigenvalue weighted by Gasteiger charge is -2.35. The van der Waals surface area contributed by atoms with Crippen molar-refractivity contribution in [2.75, 3.05) is 94.1 Å². The largest absolute Gasteiger partial charge is 0.495 e. The van der Waals surface area contributed by atoms with Crippen LogP contribution in [0.2, 0.25) is 10.0 Å². The first-order chi connectivity index (χ1) is 38.1. The number of urea groups is 1. The van der Waals surface area contributed by atoms with Gasteiger partial charge in [-0.3, -0.25) is 29.0 Å². The maximum absolute atomic E-state index is 13.9. The number of anilines is 5. The van der Waals surface area contributed by atoms with Crippen LogP contribution in [0.5, 0.6) is 17.2 Å². The van der Waals surface area contributed by atoms with Crippen LogP contribution < -0.4 is 50.6 Å². The molecule has 4 atom stereocenters. The standard InChI is InChI=1S/C56H72Cl2N12O9S/c1-33(63-53(74)41-26-39(72)29-70(41)54(75)52(56(4,5)6)64-35(3)71)40-18-13-36(51-34(2)62-32-80-51)25-42(40)79-24-12-10-11-19-59-47(73)30-68-20-22-69(23-21-68)38-16-14-37(15-17-38)65-45-28-46(61-31-60-45)67(7)55(76)66-50-48(57)43(77-8)27-44(78-9)49(50)58/h13-18,25,27-28,31-33,39,41,52,72H,10-12,19-24,26,29-30H2,1-9H3,(H,59,73)(H,63,74)(H,64,71)(H,66,76)(H,60,61,65)/t33-,39+,41-,52+/m0/s1. The molecule has 6 N–H and O–H groups in total. The summed E-state index contributed by atoms with van der Waals surface area (Å²) in [4.78, 5) is 87.3. The van der Waals surface area contributed by atoms with Gasteiger partial charge in [0.15, 0.2) is 0 Å². The third-order valence-corrected chi connectivity index (χ3v) is 15.7. The fraction of sp³-hybridized carbons (Fsp3) is 0.464. The summed E-state index contributed by atoms with van der Waals surface area (Å²) >= 11 is 14.5. The normalized spacial score (nSPS) is 16.3. The minimum absolute atomic E-state index is 0.0181. The number of aryl methyl sites for hydroxylation is 1. The lowest BCUT2D eigenvalue weighted by molar-refractivity contribution is -0.144. The fourth-order valence-electron chi connectivity index (χ4n) is 9.48. The first-order valence-electron chi connectivity index (χ1n) is 26.5. The minimum Gasteiger partial charge on any atom is -0.495 e. The number of halogens is 2. The highest BCUT2D eigenvalue weighted by molar-refractivity contribution is 7.13. The smallest absolute Gasteiger partial charge is 0.327 e. The third-order valence-electron chi connectivity index (χ3n) is 13.9. The summed E-state index contributed by atoms with van der Waals surface area (Å²) in [6.07, 6.45) is 2.85. The molecule has 0 bridgehead atoms. The Hall–Kier alpha value is -6.98. The van der Waals surface area contributed by atoms with Crippen molar-refractivity contribution in [2.24, 2.45) is 5.41 Å². The van der Waals surface area contributed by atoms with E-state index in [1.807, 2.05) is 77.1 Å². The number of aliphatic hydroxyl groups is 1. The van der Waals surface area contributed by atoms with Crippen LogP contribution in [0.3, 0.4) is 0 Å². The van der Waals surface area contributed by atoms with E-state index >= 15 is 0 Å². The number of likely N-dealkylation sites (tertiary alicyclic amines) is 1. The molecule has 2 aliphatic heterocycles. The molecule has 430 valence electrons. The van der Waals surface area contributed by atoms with Crippen molar-refractivity contribution < 1.29 is 43.3 Å². The molecule has 0 unspecified atom stereocenters. The SMILES string of the molecule is COc1cc(OC)c(Cl)c(NC(=O)N(C)c2cc(Nc3ccc(N4CCN(CC(=O)NCCCCCOc5cc(-c6scnc6C)ccc5[C@H](C)NC(=O)[C@@H]5C[C@@H](O)CN5C(=O)[C@@H](NC(C)=O)C(C)(C)C)CC4)cc3)ncn2)c1Cl. The van der Waals surface area contributed by atoms with E-state index in [1.165, 1.54) is 54.7 Å². The molecule has 0 aliphatic carbocycles. The van der Waals surface area contributed by atoms with Crippen molar-refractivity contribution in [1.29, 1.82) is 0 Å². The van der Waals surface area contributed by atoms with E-state index in [2.05, 4.69) is 51.3 Å². The predicted octanol–water partition coefficient (Wildman–Crippen LogP) is 7.82. The van der Waals surface area contributed by atoms with E-state index < -0.39 is 47.5 Å². The molecule has 7 rings (SSSR count). The summed E-state index contributed by atoms with van der Waals surface area (Å²) < 4.78 is 17.0. The number of nitrogens with one attached hydrogen (secondary N) is 5. The van der Waals surface area contributed by atoms with Gasteiger partial charge in [-0.2, -0.15) is 0 Å². The Morgan fingerprint density at radius 3 is 2.23 bits per heavy atom. The topological polar surface area (TPSA) is 245 Å². The second-order valence-corrected chi connectivity index (χ2v) is 22.5. The number of benzene rings is 3. The number of β-amino-alcohol motifs (C(OH)–C–C–N with tert-alkyl or cyclic N) is 1. The van der Waals surface area contributed by atoms with Crippen LogP contribution in [0.15, 0.2) is 66.4 Å². The molecule has 4 heterocycles. The highest BCUT2D eigenvalue weighted by Gasteiger charge is 2.44. The monoisotopic (exact) mass is 1160 g/mol. The molecule has 80 heavy (non-hydrogen) atoms. The van der Waals surface area contributed by atoms with Gasteiger partial charge in [0.2, 0.25) is 23.6 Å². The molecule has 2 aliphatic rings. The van der Waals surface area contributed by atoms with Crippen LogP contribution in [-0.4, -0.2) is 151 Å². The number of hydrogen-bond donors (Lipinski definition) is 6. The Bertz CT molecular complexity index is 2960. The van der Waals surface area contributed by atoms with Crippen molar-refractivity contribution in [2.45, 2.75) is 91.5 Å². The summed E-state index contributed by atoms with van der Waals surface area (Å²) in [5, 5.41) is 25.8. The summed E-state index contributed by atoms with van der Waals surface area (Å²) in [6, 6.07) is 14.1. The fourth-order valence-corrected chi connectivity index (χ4v) is 10.9. The molecule has 24 heteroatoms. The Kier molecular flexibility index (Phi) is 20.8. The maximum Gasteiger partial charge on any atom is 0.327 e.